The Morgan fingerprint density at radius 2 is 1.95 bits per heavy atom. The molecule has 1 aromatic rings. The third kappa shape index (κ3) is 4.61. The van der Waals surface area contributed by atoms with E-state index in [0.29, 0.717) is 12.0 Å². The lowest BCUT2D eigenvalue weighted by molar-refractivity contribution is -0.140. The van der Waals surface area contributed by atoms with Crippen LogP contribution in [0.2, 0.25) is 0 Å². The third-order valence-corrected chi connectivity index (χ3v) is 3.02. The van der Waals surface area contributed by atoms with E-state index in [1.54, 1.807) is 6.92 Å². The predicted molar refractivity (Wildman–Crippen MR) is 70.3 cm³/mol. The molecular formula is C14H20FNO3. The number of aliphatic hydroxyl groups is 1. The number of hydrogen-bond acceptors (Lipinski definition) is 3. The smallest absolute Gasteiger partial charge is 0.320 e. The number of aliphatic carboxylic acids is 1. The van der Waals surface area contributed by atoms with Crippen molar-refractivity contribution in [1.82, 2.24) is 5.32 Å². The van der Waals surface area contributed by atoms with Crippen LogP contribution in [0.15, 0.2) is 24.3 Å². The van der Waals surface area contributed by atoms with Gasteiger partial charge in [0.1, 0.15) is 11.9 Å². The molecule has 0 bridgehead atoms. The monoisotopic (exact) mass is 269 g/mol. The van der Waals surface area contributed by atoms with Crippen molar-refractivity contribution in [2.75, 3.05) is 0 Å². The van der Waals surface area contributed by atoms with E-state index < -0.39 is 24.2 Å². The van der Waals surface area contributed by atoms with Crippen molar-refractivity contribution in [2.24, 2.45) is 0 Å². The molecule has 0 aliphatic carbocycles. The van der Waals surface area contributed by atoms with Gasteiger partial charge in [0.05, 0.1) is 6.10 Å². The lowest BCUT2D eigenvalue weighted by Gasteiger charge is -2.24. The zero-order chi connectivity index (χ0) is 14.4. The minimum absolute atomic E-state index is 0.369. The number of aliphatic hydroxyl groups excluding tert-OH is 1. The molecule has 0 aliphatic heterocycles. The summed E-state index contributed by atoms with van der Waals surface area (Å²) in [5, 5.41) is 22.0. The Hall–Kier alpha value is -1.46. The van der Waals surface area contributed by atoms with Gasteiger partial charge < -0.3 is 10.2 Å². The Labute approximate surface area is 112 Å². The van der Waals surface area contributed by atoms with E-state index >= 15 is 0 Å². The molecule has 0 saturated heterocycles. The molecule has 0 aliphatic rings. The summed E-state index contributed by atoms with van der Waals surface area (Å²) in [6, 6.07) is 4.41. The van der Waals surface area contributed by atoms with Crippen LogP contribution >= 0.6 is 0 Å². The quantitative estimate of drug-likeness (QED) is 0.709. The molecule has 4 nitrogen and oxygen atoms in total. The third-order valence-electron chi connectivity index (χ3n) is 3.02. The summed E-state index contributed by atoms with van der Waals surface area (Å²) in [7, 11) is 0. The van der Waals surface area contributed by atoms with E-state index in [1.165, 1.54) is 24.3 Å². The maximum atomic E-state index is 12.8. The molecule has 0 amide bonds. The van der Waals surface area contributed by atoms with Gasteiger partial charge in [0, 0.05) is 6.04 Å². The average molecular weight is 269 g/mol. The van der Waals surface area contributed by atoms with E-state index in [0.717, 1.165) is 6.42 Å². The molecule has 3 atom stereocenters. The number of benzene rings is 1. The molecule has 1 aromatic carbocycles. The zero-order valence-corrected chi connectivity index (χ0v) is 11.1. The van der Waals surface area contributed by atoms with Crippen LogP contribution in [0, 0.1) is 5.82 Å². The summed E-state index contributed by atoms with van der Waals surface area (Å²) < 4.78 is 12.8. The van der Waals surface area contributed by atoms with Gasteiger partial charge in [-0.25, -0.2) is 4.39 Å². The summed E-state index contributed by atoms with van der Waals surface area (Å²) in [6.07, 6.45) is 0.360. The molecule has 0 radical (unpaired) electrons. The van der Waals surface area contributed by atoms with Crippen LogP contribution in [0.5, 0.6) is 0 Å². The molecule has 3 N–H and O–H groups in total. The van der Waals surface area contributed by atoms with Crippen molar-refractivity contribution in [2.45, 2.75) is 44.9 Å². The second-order valence-electron chi connectivity index (χ2n) is 4.63. The normalized spacial score (nSPS) is 15.8. The highest BCUT2D eigenvalue weighted by Crippen LogP contribution is 2.18. The molecule has 0 spiro atoms. The SMILES string of the molecule is CCCC(NC(C)C(O)c1ccc(F)cc1)C(=O)O. The number of hydrogen-bond donors (Lipinski definition) is 3. The van der Waals surface area contributed by atoms with Gasteiger partial charge in [0.25, 0.3) is 0 Å². The van der Waals surface area contributed by atoms with Gasteiger partial charge in [0.2, 0.25) is 0 Å². The lowest BCUT2D eigenvalue weighted by atomic mass is 10.0. The van der Waals surface area contributed by atoms with E-state index in [-0.39, 0.29) is 5.82 Å². The van der Waals surface area contributed by atoms with Crippen LogP contribution in [0.4, 0.5) is 4.39 Å². The van der Waals surface area contributed by atoms with Crippen LogP contribution in [0.3, 0.4) is 0 Å². The van der Waals surface area contributed by atoms with Gasteiger partial charge in [-0.1, -0.05) is 25.5 Å². The highest BCUT2D eigenvalue weighted by Gasteiger charge is 2.23. The fourth-order valence-corrected chi connectivity index (χ4v) is 1.92. The van der Waals surface area contributed by atoms with Crippen LogP contribution in [-0.2, 0) is 4.79 Å². The highest BCUT2D eigenvalue weighted by molar-refractivity contribution is 5.73. The van der Waals surface area contributed by atoms with Gasteiger partial charge in [-0.3, -0.25) is 10.1 Å². The maximum Gasteiger partial charge on any atom is 0.320 e. The summed E-state index contributed by atoms with van der Waals surface area (Å²) in [5.74, 6) is -1.30. The highest BCUT2D eigenvalue weighted by atomic mass is 19.1. The van der Waals surface area contributed by atoms with Gasteiger partial charge >= 0.3 is 5.97 Å². The summed E-state index contributed by atoms with van der Waals surface area (Å²) in [5.41, 5.74) is 0.557. The molecule has 3 unspecified atom stereocenters. The van der Waals surface area contributed by atoms with Crippen molar-refractivity contribution >= 4 is 5.97 Å². The Morgan fingerprint density at radius 1 is 1.37 bits per heavy atom. The summed E-state index contributed by atoms with van der Waals surface area (Å²) in [6.45, 7) is 3.61. The van der Waals surface area contributed by atoms with E-state index in [4.69, 9.17) is 5.11 Å². The number of rotatable bonds is 7. The van der Waals surface area contributed by atoms with Gasteiger partial charge in [-0.2, -0.15) is 0 Å². The Bertz CT molecular complexity index is 408. The van der Waals surface area contributed by atoms with Crippen molar-refractivity contribution < 1.29 is 19.4 Å². The molecule has 0 heterocycles. The summed E-state index contributed by atoms with van der Waals surface area (Å²) in [4.78, 5) is 11.0. The number of carbonyl (C=O) groups is 1. The standard InChI is InChI=1S/C14H20FNO3/c1-3-4-12(14(18)19)16-9(2)13(17)10-5-7-11(15)8-6-10/h5-9,12-13,16-17H,3-4H2,1-2H3,(H,18,19). The largest absolute Gasteiger partial charge is 0.480 e. The Morgan fingerprint density at radius 3 is 2.42 bits per heavy atom. The minimum atomic E-state index is -0.931. The van der Waals surface area contributed by atoms with Gasteiger partial charge in [-0.05, 0) is 31.0 Å². The van der Waals surface area contributed by atoms with E-state index in [1.807, 2.05) is 6.92 Å². The Balaban J connectivity index is 2.68. The molecule has 0 saturated carbocycles. The van der Waals surface area contributed by atoms with Crippen LogP contribution in [-0.4, -0.2) is 28.3 Å². The first-order valence-corrected chi connectivity index (χ1v) is 6.38. The topological polar surface area (TPSA) is 69.6 Å². The number of carboxylic acid groups (broad SMARTS) is 1. The first-order chi connectivity index (χ1) is 8.95. The first kappa shape index (κ1) is 15.6. The Kier molecular flexibility index (Phi) is 5.92. The lowest BCUT2D eigenvalue weighted by Crippen LogP contribution is -2.44. The first-order valence-electron chi connectivity index (χ1n) is 6.38. The van der Waals surface area contributed by atoms with Crippen LogP contribution in [0.25, 0.3) is 0 Å². The van der Waals surface area contributed by atoms with Crippen molar-refractivity contribution in [3.8, 4) is 0 Å². The van der Waals surface area contributed by atoms with Crippen molar-refractivity contribution in [3.05, 3.63) is 35.6 Å². The second kappa shape index (κ2) is 7.21. The van der Waals surface area contributed by atoms with E-state index in [2.05, 4.69) is 5.32 Å². The molecule has 5 heteroatoms. The average Bonchev–Trinajstić information content (AvgIpc) is 2.38. The van der Waals surface area contributed by atoms with Crippen molar-refractivity contribution in [3.63, 3.8) is 0 Å². The van der Waals surface area contributed by atoms with Gasteiger partial charge in [-0.15, -0.1) is 0 Å². The van der Waals surface area contributed by atoms with Crippen LogP contribution < -0.4 is 5.32 Å². The fourth-order valence-electron chi connectivity index (χ4n) is 1.92. The molecule has 0 fully saturated rings. The fraction of sp³-hybridized carbons (Fsp3) is 0.500. The predicted octanol–water partition coefficient (Wildman–Crippen LogP) is 2.09. The van der Waals surface area contributed by atoms with Gasteiger partial charge in [0.15, 0.2) is 0 Å². The molecular weight excluding hydrogens is 249 g/mol. The molecule has 0 aromatic heterocycles. The minimum Gasteiger partial charge on any atom is -0.480 e. The number of halogens is 1. The molecule has 106 valence electrons. The number of nitrogens with one attached hydrogen (secondary N) is 1. The maximum absolute atomic E-state index is 12.8. The van der Waals surface area contributed by atoms with Crippen LogP contribution in [0.1, 0.15) is 38.4 Å². The second-order valence-corrected chi connectivity index (χ2v) is 4.63. The summed E-state index contributed by atoms with van der Waals surface area (Å²) >= 11 is 0. The van der Waals surface area contributed by atoms with Crippen molar-refractivity contribution in [1.29, 1.82) is 0 Å². The molecule has 1 rings (SSSR count). The zero-order valence-electron chi connectivity index (χ0n) is 11.1. The number of carboxylic acids is 1. The molecule has 19 heavy (non-hydrogen) atoms. The van der Waals surface area contributed by atoms with E-state index in [9.17, 15) is 14.3 Å².